The molecule has 0 atom stereocenters. The largest absolute Gasteiger partial charge is 0.494 e. The summed E-state index contributed by atoms with van der Waals surface area (Å²) >= 11 is 0. The molecule has 0 bridgehead atoms. The first-order valence-corrected chi connectivity index (χ1v) is 4.40. The summed E-state index contributed by atoms with van der Waals surface area (Å²) < 4.78 is 5.30. The molecule has 0 radical (unpaired) electrons. The van der Waals surface area contributed by atoms with Gasteiger partial charge in [-0.25, -0.2) is 0 Å². The Morgan fingerprint density at radius 2 is 1.79 bits per heavy atom. The number of aryl methyl sites for hydroxylation is 1. The Kier molecular flexibility index (Phi) is 3.40. The quantitative estimate of drug-likeness (QED) is 0.685. The monoisotopic (exact) mass is 192 g/mol. The van der Waals surface area contributed by atoms with Crippen LogP contribution in [0.4, 0.5) is 0 Å². The predicted molar refractivity (Wildman–Crippen MR) is 53.1 cm³/mol. The molecule has 0 aliphatic rings. The SMILES string of the molecule is CCOc1cc(C=O)c(C=O)cc1C. The van der Waals surface area contributed by atoms with Crippen molar-refractivity contribution in [1.29, 1.82) is 0 Å². The lowest BCUT2D eigenvalue weighted by molar-refractivity contribution is 0.109. The van der Waals surface area contributed by atoms with Crippen LogP contribution in [0.3, 0.4) is 0 Å². The predicted octanol–water partition coefficient (Wildman–Crippen LogP) is 2.02. The standard InChI is InChI=1S/C11H12O3/c1-3-14-11-5-10(7-13)9(6-12)4-8(11)2/h4-7H,3H2,1-2H3. The molecule has 14 heavy (non-hydrogen) atoms. The van der Waals surface area contributed by atoms with Gasteiger partial charge in [0.25, 0.3) is 0 Å². The molecule has 1 aromatic carbocycles. The van der Waals surface area contributed by atoms with Gasteiger partial charge in [0.15, 0.2) is 12.6 Å². The molecule has 3 heteroatoms. The number of ether oxygens (including phenoxy) is 1. The van der Waals surface area contributed by atoms with Crippen LogP contribution in [0.5, 0.6) is 5.75 Å². The Balaban J connectivity index is 3.22. The van der Waals surface area contributed by atoms with Crippen LogP contribution in [0.25, 0.3) is 0 Å². The highest BCUT2D eigenvalue weighted by molar-refractivity contribution is 5.91. The highest BCUT2D eigenvalue weighted by Gasteiger charge is 2.06. The average Bonchev–Trinajstić information content (AvgIpc) is 2.20. The van der Waals surface area contributed by atoms with Gasteiger partial charge in [-0.05, 0) is 31.5 Å². The first-order valence-electron chi connectivity index (χ1n) is 4.40. The van der Waals surface area contributed by atoms with Crippen LogP contribution >= 0.6 is 0 Å². The minimum Gasteiger partial charge on any atom is -0.494 e. The minimum atomic E-state index is 0.369. The van der Waals surface area contributed by atoms with E-state index in [1.165, 1.54) is 0 Å². The van der Waals surface area contributed by atoms with Gasteiger partial charge in [0.05, 0.1) is 6.61 Å². The molecule has 74 valence electrons. The molecule has 0 spiro atoms. The zero-order valence-corrected chi connectivity index (χ0v) is 8.24. The summed E-state index contributed by atoms with van der Waals surface area (Å²) in [6.45, 7) is 4.25. The first-order chi connectivity index (χ1) is 6.72. The van der Waals surface area contributed by atoms with Crippen molar-refractivity contribution in [3.05, 3.63) is 28.8 Å². The molecule has 0 saturated carbocycles. The molecular formula is C11H12O3. The van der Waals surface area contributed by atoms with Crippen LogP contribution in [0.2, 0.25) is 0 Å². The summed E-state index contributed by atoms with van der Waals surface area (Å²) in [4.78, 5) is 21.2. The molecule has 0 heterocycles. The van der Waals surface area contributed by atoms with Crippen molar-refractivity contribution < 1.29 is 14.3 Å². The van der Waals surface area contributed by atoms with Crippen molar-refractivity contribution in [3.8, 4) is 5.75 Å². The van der Waals surface area contributed by atoms with Gasteiger partial charge in [0, 0.05) is 11.1 Å². The maximum Gasteiger partial charge on any atom is 0.150 e. The molecule has 0 amide bonds. The third-order valence-corrected chi connectivity index (χ3v) is 1.93. The molecule has 0 N–H and O–H groups in total. The fourth-order valence-corrected chi connectivity index (χ4v) is 1.24. The number of rotatable bonds is 4. The molecule has 0 saturated heterocycles. The van der Waals surface area contributed by atoms with Gasteiger partial charge < -0.3 is 4.74 Å². The summed E-state index contributed by atoms with van der Waals surface area (Å²) in [5.41, 5.74) is 1.63. The molecule has 0 aromatic heterocycles. The van der Waals surface area contributed by atoms with Gasteiger partial charge in [-0.15, -0.1) is 0 Å². The maximum absolute atomic E-state index is 10.6. The van der Waals surface area contributed by atoms with E-state index in [-0.39, 0.29) is 0 Å². The second-order valence-corrected chi connectivity index (χ2v) is 2.92. The third-order valence-electron chi connectivity index (χ3n) is 1.93. The second kappa shape index (κ2) is 4.56. The second-order valence-electron chi connectivity index (χ2n) is 2.92. The summed E-state index contributed by atoms with van der Waals surface area (Å²) in [6, 6.07) is 3.25. The summed E-state index contributed by atoms with van der Waals surface area (Å²) in [5, 5.41) is 0. The zero-order valence-electron chi connectivity index (χ0n) is 8.24. The molecule has 1 aromatic rings. The number of benzene rings is 1. The van der Waals surface area contributed by atoms with Gasteiger partial charge >= 0.3 is 0 Å². The van der Waals surface area contributed by atoms with Crippen LogP contribution in [0.15, 0.2) is 12.1 Å². The van der Waals surface area contributed by atoms with Gasteiger partial charge in [-0.3, -0.25) is 9.59 Å². The lowest BCUT2D eigenvalue weighted by atomic mass is 10.1. The van der Waals surface area contributed by atoms with E-state index in [9.17, 15) is 9.59 Å². The number of aldehydes is 2. The van der Waals surface area contributed by atoms with Crippen molar-refractivity contribution >= 4 is 12.6 Å². The van der Waals surface area contributed by atoms with Crippen molar-refractivity contribution in [2.75, 3.05) is 6.61 Å². The van der Waals surface area contributed by atoms with Crippen molar-refractivity contribution in [2.45, 2.75) is 13.8 Å². The lowest BCUT2D eigenvalue weighted by Gasteiger charge is -2.08. The van der Waals surface area contributed by atoms with Gasteiger partial charge in [0.2, 0.25) is 0 Å². The van der Waals surface area contributed by atoms with Crippen LogP contribution in [-0.4, -0.2) is 19.2 Å². The highest BCUT2D eigenvalue weighted by Crippen LogP contribution is 2.21. The van der Waals surface area contributed by atoms with Crippen molar-refractivity contribution in [1.82, 2.24) is 0 Å². The zero-order chi connectivity index (χ0) is 10.6. The van der Waals surface area contributed by atoms with E-state index < -0.39 is 0 Å². The van der Waals surface area contributed by atoms with Gasteiger partial charge in [-0.1, -0.05) is 0 Å². The molecule has 3 nitrogen and oxygen atoms in total. The van der Waals surface area contributed by atoms with Crippen molar-refractivity contribution in [2.24, 2.45) is 0 Å². The van der Waals surface area contributed by atoms with Gasteiger partial charge in [-0.2, -0.15) is 0 Å². The average molecular weight is 192 g/mol. The fourth-order valence-electron chi connectivity index (χ4n) is 1.24. The molecular weight excluding hydrogens is 180 g/mol. The number of carbonyl (C=O) groups is 2. The number of hydrogen-bond acceptors (Lipinski definition) is 3. The molecule has 0 aliphatic carbocycles. The molecule has 1 rings (SSSR count). The van der Waals surface area contributed by atoms with E-state index in [1.807, 2.05) is 13.8 Å². The van der Waals surface area contributed by atoms with E-state index in [0.717, 1.165) is 5.56 Å². The Morgan fingerprint density at radius 3 is 2.29 bits per heavy atom. The normalized spacial score (nSPS) is 9.57. The molecule has 0 unspecified atom stereocenters. The topological polar surface area (TPSA) is 43.4 Å². The third kappa shape index (κ3) is 1.99. The van der Waals surface area contributed by atoms with E-state index in [0.29, 0.717) is 36.1 Å². The molecule has 0 fully saturated rings. The smallest absolute Gasteiger partial charge is 0.150 e. The Labute approximate surface area is 82.7 Å². The highest BCUT2D eigenvalue weighted by atomic mass is 16.5. The fraction of sp³-hybridized carbons (Fsp3) is 0.273. The first kappa shape index (κ1) is 10.4. The van der Waals surface area contributed by atoms with Crippen LogP contribution in [-0.2, 0) is 0 Å². The van der Waals surface area contributed by atoms with E-state index >= 15 is 0 Å². The Bertz CT molecular complexity index is 356. The lowest BCUT2D eigenvalue weighted by Crippen LogP contribution is -1.98. The number of carbonyl (C=O) groups excluding carboxylic acids is 2. The maximum atomic E-state index is 10.6. The van der Waals surface area contributed by atoms with E-state index in [1.54, 1.807) is 12.1 Å². The Morgan fingerprint density at radius 1 is 1.21 bits per heavy atom. The summed E-state index contributed by atoms with van der Waals surface area (Å²) in [5.74, 6) is 0.653. The Hall–Kier alpha value is -1.64. The van der Waals surface area contributed by atoms with Crippen LogP contribution in [0.1, 0.15) is 33.2 Å². The van der Waals surface area contributed by atoms with Gasteiger partial charge in [0.1, 0.15) is 5.75 Å². The summed E-state index contributed by atoms with van der Waals surface area (Å²) in [6.07, 6.45) is 1.33. The minimum absolute atomic E-state index is 0.369. The van der Waals surface area contributed by atoms with E-state index in [2.05, 4.69) is 0 Å². The van der Waals surface area contributed by atoms with Crippen molar-refractivity contribution in [3.63, 3.8) is 0 Å². The molecule has 0 aliphatic heterocycles. The van der Waals surface area contributed by atoms with Crippen LogP contribution in [0, 0.1) is 6.92 Å². The van der Waals surface area contributed by atoms with Crippen LogP contribution < -0.4 is 4.74 Å². The van der Waals surface area contributed by atoms with E-state index in [4.69, 9.17) is 4.74 Å². The summed E-state index contributed by atoms with van der Waals surface area (Å²) in [7, 11) is 0. The number of hydrogen-bond donors (Lipinski definition) is 0.